The number of carbonyl (C=O) groups excluding carboxylic acids is 1. The molecule has 2 aromatic carbocycles. The first kappa shape index (κ1) is 25.9. The molecule has 5 rings (SSSR count). The van der Waals surface area contributed by atoms with E-state index in [1.165, 1.54) is 6.42 Å². The Morgan fingerprint density at radius 3 is 2.62 bits per heavy atom. The van der Waals surface area contributed by atoms with Crippen molar-refractivity contribution in [2.45, 2.75) is 70.2 Å². The van der Waals surface area contributed by atoms with Gasteiger partial charge in [-0.05, 0) is 49.6 Å². The van der Waals surface area contributed by atoms with Crippen molar-refractivity contribution in [3.63, 3.8) is 0 Å². The second-order valence-corrected chi connectivity index (χ2v) is 11.2. The van der Waals surface area contributed by atoms with Crippen LogP contribution in [-0.2, 0) is 0 Å². The van der Waals surface area contributed by atoms with Gasteiger partial charge in [0.1, 0.15) is 6.23 Å². The summed E-state index contributed by atoms with van der Waals surface area (Å²) in [5.41, 5.74) is 10.3. The molecule has 196 valence electrons. The van der Waals surface area contributed by atoms with Gasteiger partial charge in [0.15, 0.2) is 0 Å². The van der Waals surface area contributed by atoms with Crippen LogP contribution in [0.25, 0.3) is 10.8 Å². The van der Waals surface area contributed by atoms with Crippen LogP contribution < -0.4 is 16.4 Å². The molecular formula is C29H36BrN5O2. The van der Waals surface area contributed by atoms with Gasteiger partial charge in [0.25, 0.3) is 5.91 Å². The van der Waals surface area contributed by atoms with E-state index in [1.807, 2.05) is 37.3 Å². The molecule has 1 unspecified atom stereocenters. The predicted molar refractivity (Wildman–Crippen MR) is 153 cm³/mol. The highest BCUT2D eigenvalue weighted by Crippen LogP contribution is 2.40. The van der Waals surface area contributed by atoms with Gasteiger partial charge in [-0.15, -0.1) is 0 Å². The van der Waals surface area contributed by atoms with E-state index >= 15 is 0 Å². The summed E-state index contributed by atoms with van der Waals surface area (Å²) in [7, 11) is 0. The molecule has 2 fully saturated rings. The highest BCUT2D eigenvalue weighted by atomic mass is 79.9. The number of aliphatic hydroxyl groups is 1. The number of fused-ring (bicyclic) bond motifs is 1. The number of nitrogen functional groups attached to an aromatic ring is 1. The number of nitrogens with zero attached hydrogens (tertiary/aromatic N) is 2. The third-order valence-corrected chi connectivity index (χ3v) is 8.75. The van der Waals surface area contributed by atoms with E-state index < -0.39 is 6.23 Å². The standard InChI is InChI=1S/C29H36BrN5O2/c1-18-22(30)15-23(31)27(26(18)29(37)35-13-7-2-8-14-35)33-24-11-5-6-12-25(24)34-28(36)21-17-32-16-19-9-3-4-10-20(19)21/h3-4,9-10,15-17,24-25,29,33,37H,2,5-8,11-14,31H2,1H3,(H,34,36)/t24-,25+,29?/m1/s1. The van der Waals surface area contributed by atoms with Gasteiger partial charge < -0.3 is 21.5 Å². The van der Waals surface area contributed by atoms with Crippen LogP contribution in [0.4, 0.5) is 11.4 Å². The largest absolute Gasteiger partial charge is 0.397 e. The Balaban J connectivity index is 1.42. The van der Waals surface area contributed by atoms with Gasteiger partial charge in [0.05, 0.1) is 16.9 Å². The first-order chi connectivity index (χ1) is 17.9. The number of pyridine rings is 1. The van der Waals surface area contributed by atoms with Crippen molar-refractivity contribution in [1.29, 1.82) is 0 Å². The van der Waals surface area contributed by atoms with Crippen molar-refractivity contribution in [3.8, 4) is 0 Å². The molecule has 1 aliphatic carbocycles. The zero-order valence-electron chi connectivity index (χ0n) is 21.3. The molecule has 37 heavy (non-hydrogen) atoms. The number of hydrogen-bond acceptors (Lipinski definition) is 6. The fourth-order valence-corrected chi connectivity index (χ4v) is 6.28. The molecular weight excluding hydrogens is 530 g/mol. The van der Waals surface area contributed by atoms with E-state index in [9.17, 15) is 9.90 Å². The molecule has 2 aliphatic rings. The number of anilines is 2. The molecule has 3 atom stereocenters. The van der Waals surface area contributed by atoms with Gasteiger partial charge in [0.2, 0.25) is 0 Å². The van der Waals surface area contributed by atoms with Gasteiger partial charge in [-0.2, -0.15) is 0 Å². The van der Waals surface area contributed by atoms with E-state index in [1.54, 1.807) is 12.4 Å². The highest BCUT2D eigenvalue weighted by Gasteiger charge is 2.31. The summed E-state index contributed by atoms with van der Waals surface area (Å²) in [6, 6.07) is 9.66. The number of hydrogen-bond donors (Lipinski definition) is 4. The highest BCUT2D eigenvalue weighted by molar-refractivity contribution is 9.10. The minimum atomic E-state index is -0.735. The molecule has 1 saturated carbocycles. The Morgan fingerprint density at radius 1 is 1.11 bits per heavy atom. The van der Waals surface area contributed by atoms with Crippen LogP contribution in [0.3, 0.4) is 0 Å². The normalized spacial score (nSPS) is 21.5. The number of likely N-dealkylation sites (tertiary alicyclic amines) is 1. The maximum atomic E-state index is 13.4. The number of nitrogens with two attached hydrogens (primary N) is 1. The van der Waals surface area contributed by atoms with Crippen LogP contribution in [0, 0.1) is 6.92 Å². The van der Waals surface area contributed by atoms with Crippen molar-refractivity contribution in [2.24, 2.45) is 0 Å². The first-order valence-electron chi connectivity index (χ1n) is 13.3. The molecule has 5 N–H and O–H groups in total. The second-order valence-electron chi connectivity index (χ2n) is 10.4. The van der Waals surface area contributed by atoms with Gasteiger partial charge in [-0.3, -0.25) is 14.7 Å². The zero-order chi connectivity index (χ0) is 25.9. The van der Waals surface area contributed by atoms with Crippen LogP contribution in [-0.4, -0.2) is 46.1 Å². The molecule has 0 spiro atoms. The minimum Gasteiger partial charge on any atom is -0.397 e. The lowest BCUT2D eigenvalue weighted by Gasteiger charge is -2.37. The molecule has 0 bridgehead atoms. The number of aromatic nitrogens is 1. The molecule has 8 heteroatoms. The Kier molecular flexibility index (Phi) is 7.98. The van der Waals surface area contributed by atoms with E-state index in [0.717, 1.165) is 83.7 Å². The Hall–Kier alpha value is -2.68. The quantitative estimate of drug-likeness (QED) is 0.293. The number of amides is 1. The average Bonchev–Trinajstić information content (AvgIpc) is 2.92. The summed E-state index contributed by atoms with van der Waals surface area (Å²) in [6.45, 7) is 3.76. The van der Waals surface area contributed by atoms with Crippen molar-refractivity contribution >= 4 is 44.0 Å². The minimum absolute atomic E-state index is 0.00387. The first-order valence-corrected chi connectivity index (χ1v) is 14.1. The average molecular weight is 567 g/mol. The van der Waals surface area contributed by atoms with Crippen molar-refractivity contribution in [2.75, 3.05) is 24.1 Å². The van der Waals surface area contributed by atoms with Crippen LogP contribution in [0.2, 0.25) is 0 Å². The molecule has 1 aliphatic heterocycles. The number of aliphatic hydroxyl groups excluding tert-OH is 1. The fourth-order valence-electron chi connectivity index (χ4n) is 5.82. The Bertz CT molecular complexity index is 1270. The third kappa shape index (κ3) is 5.47. The lowest BCUT2D eigenvalue weighted by molar-refractivity contribution is -0.00980. The van der Waals surface area contributed by atoms with E-state index in [4.69, 9.17) is 5.73 Å². The van der Waals surface area contributed by atoms with Crippen molar-refractivity contribution < 1.29 is 9.90 Å². The number of benzene rings is 2. The van der Waals surface area contributed by atoms with Crippen LogP contribution in [0.5, 0.6) is 0 Å². The summed E-state index contributed by atoms with van der Waals surface area (Å²) in [5, 5.41) is 20.3. The van der Waals surface area contributed by atoms with Crippen molar-refractivity contribution in [1.82, 2.24) is 15.2 Å². The molecule has 7 nitrogen and oxygen atoms in total. The van der Waals surface area contributed by atoms with Crippen LogP contribution in [0.15, 0.2) is 47.2 Å². The van der Waals surface area contributed by atoms with Gasteiger partial charge >= 0.3 is 0 Å². The maximum absolute atomic E-state index is 13.4. The SMILES string of the molecule is Cc1c(Br)cc(N)c(N[C@@H]2CCCC[C@@H]2NC(=O)c2cncc3ccccc23)c1C(O)N1CCCCC1. The van der Waals surface area contributed by atoms with Crippen LogP contribution in [0.1, 0.15) is 72.7 Å². The van der Waals surface area contributed by atoms with Crippen LogP contribution >= 0.6 is 15.9 Å². The van der Waals surface area contributed by atoms with Gasteiger partial charge in [-0.1, -0.05) is 59.5 Å². The molecule has 0 radical (unpaired) electrons. The second kappa shape index (κ2) is 11.4. The summed E-state index contributed by atoms with van der Waals surface area (Å²) in [4.78, 5) is 19.8. The fraction of sp³-hybridized carbons (Fsp3) is 0.448. The number of piperidine rings is 1. The predicted octanol–water partition coefficient (Wildman–Crippen LogP) is 5.52. The topological polar surface area (TPSA) is 104 Å². The molecule has 2 heterocycles. The summed E-state index contributed by atoms with van der Waals surface area (Å²) in [6.07, 6.45) is 9.97. The number of carbonyl (C=O) groups is 1. The third-order valence-electron chi connectivity index (χ3n) is 7.92. The molecule has 1 amide bonds. The van der Waals surface area contributed by atoms with Gasteiger partial charge in [0, 0.05) is 53.0 Å². The summed E-state index contributed by atoms with van der Waals surface area (Å²) in [5.74, 6) is -0.114. The lowest BCUT2D eigenvalue weighted by Crippen LogP contribution is -2.49. The van der Waals surface area contributed by atoms with E-state index in [2.05, 4.69) is 36.4 Å². The molecule has 1 saturated heterocycles. The van der Waals surface area contributed by atoms with E-state index in [0.29, 0.717) is 11.3 Å². The monoisotopic (exact) mass is 565 g/mol. The molecule has 1 aromatic heterocycles. The number of nitrogens with one attached hydrogen (secondary N) is 2. The molecule has 3 aromatic rings. The summed E-state index contributed by atoms with van der Waals surface area (Å²) < 4.78 is 0.888. The van der Waals surface area contributed by atoms with E-state index in [-0.39, 0.29) is 18.0 Å². The number of halogens is 1. The maximum Gasteiger partial charge on any atom is 0.253 e. The lowest BCUT2D eigenvalue weighted by atomic mass is 9.89. The van der Waals surface area contributed by atoms with Gasteiger partial charge in [-0.25, -0.2) is 0 Å². The van der Waals surface area contributed by atoms with Crippen molar-refractivity contribution in [3.05, 3.63) is 63.9 Å². The number of rotatable bonds is 6. The Morgan fingerprint density at radius 2 is 1.84 bits per heavy atom. The smallest absolute Gasteiger partial charge is 0.253 e. The zero-order valence-corrected chi connectivity index (χ0v) is 22.9. The Labute approximate surface area is 227 Å². The summed E-state index contributed by atoms with van der Waals surface area (Å²) >= 11 is 3.64.